The molecule has 0 aliphatic heterocycles. The van der Waals surface area contributed by atoms with E-state index in [9.17, 15) is 10.1 Å². The lowest BCUT2D eigenvalue weighted by molar-refractivity contribution is -0.384. The van der Waals surface area contributed by atoms with Crippen molar-refractivity contribution in [3.63, 3.8) is 0 Å². The van der Waals surface area contributed by atoms with Crippen LogP contribution in [0.15, 0.2) is 121 Å². The Hall–Kier alpha value is -4.96. The Morgan fingerprint density at radius 3 is 2.03 bits per heavy atom. The lowest BCUT2D eigenvalue weighted by Crippen LogP contribution is -1.95. The first-order valence-corrected chi connectivity index (χ1v) is 11.9. The first-order chi connectivity index (χ1) is 17.7. The fourth-order valence-corrected chi connectivity index (χ4v) is 5.57. The van der Waals surface area contributed by atoms with Gasteiger partial charge in [-0.1, -0.05) is 84.9 Å². The molecule has 4 nitrogen and oxygen atoms in total. The summed E-state index contributed by atoms with van der Waals surface area (Å²) in [5, 5.41) is 18.7. The summed E-state index contributed by atoms with van der Waals surface area (Å²) >= 11 is 0. The summed E-state index contributed by atoms with van der Waals surface area (Å²) in [6.45, 7) is 0. The molecule has 0 amide bonds. The Bertz CT molecular complexity index is 1970. The van der Waals surface area contributed by atoms with Gasteiger partial charge >= 0.3 is 0 Å². The molecule has 0 unspecified atom stereocenters. The van der Waals surface area contributed by atoms with Crippen molar-refractivity contribution in [3.8, 4) is 16.8 Å². The first-order valence-electron chi connectivity index (χ1n) is 11.9. The Labute approximate surface area is 206 Å². The van der Waals surface area contributed by atoms with E-state index in [0.717, 1.165) is 33.1 Å². The Balaban J connectivity index is 1.73. The molecule has 0 atom stereocenters. The van der Waals surface area contributed by atoms with Crippen molar-refractivity contribution in [1.29, 1.82) is 0 Å². The van der Waals surface area contributed by atoms with Crippen LogP contribution in [-0.2, 0) is 0 Å². The fraction of sp³-hybridized carbons (Fsp3) is 0. The van der Waals surface area contributed by atoms with Gasteiger partial charge in [-0.15, -0.1) is 0 Å². The predicted octanol–water partition coefficient (Wildman–Crippen LogP) is 8.67. The summed E-state index contributed by atoms with van der Waals surface area (Å²) in [5.41, 5.74) is 4.88. The second-order valence-electron chi connectivity index (χ2n) is 8.99. The monoisotopic (exact) mass is 464 g/mol. The maximum atomic E-state index is 11.8. The minimum Gasteiger partial charge on any atom is -0.309 e. The molecular weight excluding hydrogens is 444 g/mol. The molecule has 7 rings (SSSR count). The van der Waals surface area contributed by atoms with E-state index in [1.165, 1.54) is 21.5 Å². The van der Waals surface area contributed by atoms with Gasteiger partial charge < -0.3 is 4.57 Å². The smallest absolute Gasteiger partial charge is 0.277 e. The molecule has 0 saturated carbocycles. The third-order valence-electron chi connectivity index (χ3n) is 7.06. The summed E-state index contributed by atoms with van der Waals surface area (Å²) in [5.74, 6) is 0. The SMILES string of the molecule is O=[N+]([O-])c1ccccc1-c1ccc2c3ccccc3c3c4ccccc4n(-c4ccccc4)c3c2c1. The summed E-state index contributed by atoms with van der Waals surface area (Å²) in [4.78, 5) is 11.5. The van der Waals surface area contributed by atoms with Crippen molar-refractivity contribution < 1.29 is 4.92 Å². The van der Waals surface area contributed by atoms with Crippen LogP contribution in [0.25, 0.3) is 60.2 Å². The van der Waals surface area contributed by atoms with E-state index in [-0.39, 0.29) is 10.6 Å². The minimum atomic E-state index is -0.309. The molecule has 1 heterocycles. The van der Waals surface area contributed by atoms with E-state index in [0.29, 0.717) is 5.56 Å². The van der Waals surface area contributed by atoms with Crippen LogP contribution in [0.3, 0.4) is 0 Å². The highest BCUT2D eigenvalue weighted by Crippen LogP contribution is 2.43. The molecule has 0 aliphatic carbocycles. The van der Waals surface area contributed by atoms with Crippen LogP contribution in [0.2, 0.25) is 0 Å². The van der Waals surface area contributed by atoms with Crippen LogP contribution in [0.5, 0.6) is 0 Å². The molecule has 7 aromatic rings. The van der Waals surface area contributed by atoms with Gasteiger partial charge in [0.25, 0.3) is 5.69 Å². The van der Waals surface area contributed by atoms with Crippen molar-refractivity contribution >= 4 is 49.0 Å². The number of nitrogens with zero attached hydrogens (tertiary/aromatic N) is 2. The molecule has 0 fully saturated rings. The van der Waals surface area contributed by atoms with Crippen molar-refractivity contribution in [2.24, 2.45) is 0 Å². The highest BCUT2D eigenvalue weighted by Gasteiger charge is 2.20. The number of aromatic nitrogens is 1. The molecule has 36 heavy (non-hydrogen) atoms. The van der Waals surface area contributed by atoms with Gasteiger partial charge in [0, 0.05) is 27.9 Å². The van der Waals surface area contributed by atoms with Gasteiger partial charge in [0.05, 0.1) is 21.5 Å². The molecular formula is C32H20N2O2. The molecule has 6 aromatic carbocycles. The lowest BCUT2D eigenvalue weighted by atomic mass is 9.93. The van der Waals surface area contributed by atoms with Crippen LogP contribution in [0.4, 0.5) is 5.69 Å². The number of nitro benzene ring substituents is 1. The van der Waals surface area contributed by atoms with Gasteiger partial charge in [-0.25, -0.2) is 0 Å². The number of fused-ring (bicyclic) bond motifs is 8. The lowest BCUT2D eigenvalue weighted by Gasteiger charge is -2.13. The Morgan fingerprint density at radius 1 is 0.583 bits per heavy atom. The first kappa shape index (κ1) is 20.4. The molecule has 0 spiro atoms. The van der Waals surface area contributed by atoms with E-state index in [4.69, 9.17) is 0 Å². The third-order valence-corrected chi connectivity index (χ3v) is 7.06. The quantitative estimate of drug-likeness (QED) is 0.149. The molecule has 170 valence electrons. The van der Waals surface area contributed by atoms with E-state index in [1.54, 1.807) is 12.1 Å². The normalized spacial score (nSPS) is 11.6. The molecule has 0 saturated heterocycles. The number of hydrogen-bond donors (Lipinski definition) is 0. The van der Waals surface area contributed by atoms with Gasteiger partial charge in [0.15, 0.2) is 0 Å². The van der Waals surface area contributed by atoms with Crippen LogP contribution in [0.1, 0.15) is 0 Å². The van der Waals surface area contributed by atoms with E-state index < -0.39 is 0 Å². The predicted molar refractivity (Wildman–Crippen MR) is 148 cm³/mol. The topological polar surface area (TPSA) is 48.1 Å². The maximum Gasteiger partial charge on any atom is 0.277 e. The molecule has 1 aromatic heterocycles. The minimum absolute atomic E-state index is 0.109. The van der Waals surface area contributed by atoms with Crippen LogP contribution in [-0.4, -0.2) is 9.49 Å². The van der Waals surface area contributed by atoms with Crippen molar-refractivity contribution in [3.05, 3.63) is 131 Å². The number of nitro groups is 1. The summed E-state index contributed by atoms with van der Waals surface area (Å²) in [6.07, 6.45) is 0. The van der Waals surface area contributed by atoms with Crippen molar-refractivity contribution in [2.45, 2.75) is 0 Å². The molecule has 4 heteroatoms. The van der Waals surface area contributed by atoms with Crippen LogP contribution >= 0.6 is 0 Å². The second-order valence-corrected chi connectivity index (χ2v) is 8.99. The highest BCUT2D eigenvalue weighted by atomic mass is 16.6. The average molecular weight is 465 g/mol. The number of para-hydroxylation sites is 3. The number of benzene rings is 6. The zero-order chi connectivity index (χ0) is 24.2. The average Bonchev–Trinajstić information content (AvgIpc) is 3.29. The third kappa shape index (κ3) is 2.88. The van der Waals surface area contributed by atoms with Gasteiger partial charge in [-0.05, 0) is 52.1 Å². The van der Waals surface area contributed by atoms with Gasteiger partial charge in [-0.3, -0.25) is 10.1 Å². The second kappa shape index (κ2) is 7.79. The van der Waals surface area contributed by atoms with Crippen molar-refractivity contribution in [1.82, 2.24) is 4.57 Å². The molecule has 0 N–H and O–H groups in total. The number of rotatable bonds is 3. The highest BCUT2D eigenvalue weighted by molar-refractivity contribution is 6.32. The van der Waals surface area contributed by atoms with Crippen molar-refractivity contribution in [2.75, 3.05) is 0 Å². The zero-order valence-corrected chi connectivity index (χ0v) is 19.3. The summed E-state index contributed by atoms with van der Waals surface area (Å²) < 4.78 is 2.32. The maximum absolute atomic E-state index is 11.8. The molecule has 0 bridgehead atoms. The standard InChI is InChI=1S/C32H20N2O2/c35-34(36)30-17-9-6-12-23(30)21-18-19-25-24-13-4-5-14-26(24)31-27-15-7-8-16-29(27)33(32(31)28(25)20-21)22-10-2-1-3-11-22/h1-20H. The number of hydrogen-bond acceptors (Lipinski definition) is 2. The largest absolute Gasteiger partial charge is 0.309 e. The van der Waals surface area contributed by atoms with E-state index in [2.05, 4.69) is 89.5 Å². The zero-order valence-electron chi connectivity index (χ0n) is 19.3. The summed E-state index contributed by atoms with van der Waals surface area (Å²) in [6, 6.07) is 40.6. The summed E-state index contributed by atoms with van der Waals surface area (Å²) in [7, 11) is 0. The van der Waals surface area contributed by atoms with Gasteiger partial charge in [0.2, 0.25) is 0 Å². The van der Waals surface area contributed by atoms with Crippen LogP contribution in [0, 0.1) is 10.1 Å². The molecule has 0 aliphatic rings. The van der Waals surface area contributed by atoms with Gasteiger partial charge in [0.1, 0.15) is 0 Å². The van der Waals surface area contributed by atoms with Gasteiger partial charge in [-0.2, -0.15) is 0 Å². The Morgan fingerprint density at radius 2 is 1.22 bits per heavy atom. The fourth-order valence-electron chi connectivity index (χ4n) is 5.57. The van der Waals surface area contributed by atoms with Crippen LogP contribution < -0.4 is 0 Å². The van der Waals surface area contributed by atoms with E-state index in [1.807, 2.05) is 24.3 Å². The molecule has 0 radical (unpaired) electrons. The Kier molecular flexibility index (Phi) is 4.42. The van der Waals surface area contributed by atoms with E-state index >= 15 is 0 Å².